The molecule has 0 radical (unpaired) electrons. The van der Waals surface area contributed by atoms with Gasteiger partial charge < -0.3 is 5.11 Å². The van der Waals surface area contributed by atoms with Gasteiger partial charge in [0.1, 0.15) is 0 Å². The highest BCUT2D eigenvalue weighted by atomic mass is 79.9. The van der Waals surface area contributed by atoms with Gasteiger partial charge in [-0.1, -0.05) is 28.1 Å². The summed E-state index contributed by atoms with van der Waals surface area (Å²) >= 11 is 5.36. The van der Waals surface area contributed by atoms with E-state index in [1.54, 1.807) is 11.3 Å². The molecule has 3 rings (SSSR count). The second-order valence-electron chi connectivity index (χ2n) is 6.07. The zero-order chi connectivity index (χ0) is 16.4. The molecule has 1 aromatic carbocycles. The molecule has 1 saturated heterocycles. The molecule has 0 saturated carbocycles. The highest BCUT2D eigenvalue weighted by molar-refractivity contribution is 9.10. The Hall–Kier alpha value is -1.17. The summed E-state index contributed by atoms with van der Waals surface area (Å²) in [5.74, 6) is -0.852. The first-order valence-corrected chi connectivity index (χ1v) is 9.50. The Labute approximate surface area is 149 Å². The summed E-state index contributed by atoms with van der Waals surface area (Å²) in [4.78, 5) is 15.0. The van der Waals surface area contributed by atoms with Crippen LogP contribution < -0.4 is 0 Å². The van der Waals surface area contributed by atoms with Crippen LogP contribution in [-0.2, 0) is 4.79 Å². The van der Waals surface area contributed by atoms with Crippen LogP contribution in [0.4, 0.5) is 0 Å². The molecule has 1 fully saturated rings. The summed E-state index contributed by atoms with van der Waals surface area (Å²) in [6, 6.07) is 10.8. The van der Waals surface area contributed by atoms with Crippen LogP contribution in [0.15, 0.2) is 40.2 Å². The van der Waals surface area contributed by atoms with Crippen LogP contribution in [0.25, 0.3) is 0 Å². The zero-order valence-corrected chi connectivity index (χ0v) is 15.4. The van der Waals surface area contributed by atoms with E-state index in [2.05, 4.69) is 57.4 Å². The third-order valence-electron chi connectivity index (χ3n) is 4.56. The molecule has 1 aliphatic heterocycles. The molecular formula is C18H20BrNO2S. The molecule has 3 nitrogen and oxygen atoms in total. The van der Waals surface area contributed by atoms with Gasteiger partial charge in [0.05, 0.1) is 12.0 Å². The number of benzene rings is 1. The fourth-order valence-corrected chi connectivity index (χ4v) is 4.78. The maximum Gasteiger partial charge on any atom is 0.306 e. The topological polar surface area (TPSA) is 40.5 Å². The van der Waals surface area contributed by atoms with Crippen molar-refractivity contribution in [1.29, 1.82) is 0 Å². The number of hydrogen-bond donors (Lipinski definition) is 1. The Balaban J connectivity index is 1.91. The molecular weight excluding hydrogens is 374 g/mol. The van der Waals surface area contributed by atoms with Crippen LogP contribution in [0, 0.1) is 12.8 Å². The van der Waals surface area contributed by atoms with Gasteiger partial charge in [-0.15, -0.1) is 11.3 Å². The van der Waals surface area contributed by atoms with E-state index in [1.165, 1.54) is 16.0 Å². The standard InChI is InChI=1S/C18H20BrNO2S/c1-12-7-10-23-17(12)16(14-3-2-4-15(19)11-14)20-8-5-13(6-9-20)18(21)22/h2-4,7,10-11,13,16H,5-6,8-9H2,1H3,(H,21,22). The van der Waals surface area contributed by atoms with E-state index in [4.69, 9.17) is 0 Å². The molecule has 1 N–H and O–H groups in total. The number of aliphatic carboxylic acids is 1. The fourth-order valence-electron chi connectivity index (χ4n) is 3.27. The SMILES string of the molecule is Cc1ccsc1C(c1cccc(Br)c1)N1CCC(C(=O)O)CC1. The Bertz CT molecular complexity index is 692. The van der Waals surface area contributed by atoms with E-state index in [9.17, 15) is 9.90 Å². The van der Waals surface area contributed by atoms with E-state index in [0.29, 0.717) is 0 Å². The maximum absolute atomic E-state index is 11.2. The van der Waals surface area contributed by atoms with Crippen molar-refractivity contribution in [2.45, 2.75) is 25.8 Å². The Kier molecular flexibility index (Phi) is 5.19. The van der Waals surface area contributed by atoms with Crippen molar-refractivity contribution < 1.29 is 9.90 Å². The second kappa shape index (κ2) is 7.16. The van der Waals surface area contributed by atoms with Crippen molar-refractivity contribution in [2.24, 2.45) is 5.92 Å². The minimum atomic E-state index is -0.657. The molecule has 1 atom stereocenters. The van der Waals surface area contributed by atoms with Gasteiger partial charge >= 0.3 is 5.97 Å². The zero-order valence-electron chi connectivity index (χ0n) is 13.0. The smallest absolute Gasteiger partial charge is 0.306 e. The van der Waals surface area contributed by atoms with Crippen molar-refractivity contribution >= 4 is 33.2 Å². The first-order chi connectivity index (χ1) is 11.1. The maximum atomic E-state index is 11.2. The number of thiophene rings is 1. The first-order valence-electron chi connectivity index (χ1n) is 7.82. The predicted molar refractivity (Wildman–Crippen MR) is 97.0 cm³/mol. The van der Waals surface area contributed by atoms with Crippen LogP contribution >= 0.6 is 27.3 Å². The number of rotatable bonds is 4. The summed E-state index contributed by atoms with van der Waals surface area (Å²) in [5, 5.41) is 11.4. The number of carboxylic acid groups (broad SMARTS) is 1. The van der Waals surface area contributed by atoms with Crippen LogP contribution in [0.2, 0.25) is 0 Å². The number of likely N-dealkylation sites (tertiary alicyclic amines) is 1. The lowest BCUT2D eigenvalue weighted by molar-refractivity contribution is -0.143. The van der Waals surface area contributed by atoms with E-state index in [0.717, 1.165) is 30.4 Å². The molecule has 5 heteroatoms. The monoisotopic (exact) mass is 393 g/mol. The largest absolute Gasteiger partial charge is 0.481 e. The molecule has 0 spiro atoms. The van der Waals surface area contributed by atoms with Gasteiger partial charge in [0.2, 0.25) is 0 Å². The van der Waals surface area contributed by atoms with Crippen LogP contribution in [0.5, 0.6) is 0 Å². The summed E-state index contributed by atoms with van der Waals surface area (Å²) < 4.78 is 1.08. The summed E-state index contributed by atoms with van der Waals surface area (Å²) in [5.41, 5.74) is 2.57. The average molecular weight is 394 g/mol. The van der Waals surface area contributed by atoms with Crippen molar-refractivity contribution in [1.82, 2.24) is 4.90 Å². The van der Waals surface area contributed by atoms with E-state index < -0.39 is 5.97 Å². The molecule has 122 valence electrons. The van der Waals surface area contributed by atoms with Crippen molar-refractivity contribution in [3.8, 4) is 0 Å². The minimum Gasteiger partial charge on any atom is -0.481 e. The van der Waals surface area contributed by atoms with Crippen LogP contribution in [0.3, 0.4) is 0 Å². The molecule has 0 amide bonds. The van der Waals surface area contributed by atoms with Gasteiger partial charge in [-0.3, -0.25) is 9.69 Å². The van der Waals surface area contributed by atoms with Crippen LogP contribution in [-0.4, -0.2) is 29.1 Å². The van der Waals surface area contributed by atoms with Gasteiger partial charge in [0.25, 0.3) is 0 Å². The van der Waals surface area contributed by atoms with Gasteiger partial charge in [-0.25, -0.2) is 0 Å². The third-order valence-corrected chi connectivity index (χ3v) is 6.12. The minimum absolute atomic E-state index is 0.196. The Morgan fingerprint density at radius 3 is 2.65 bits per heavy atom. The molecule has 1 unspecified atom stereocenters. The molecule has 0 bridgehead atoms. The Morgan fingerprint density at radius 2 is 2.09 bits per heavy atom. The lowest BCUT2D eigenvalue weighted by Crippen LogP contribution is -2.39. The molecule has 0 aliphatic carbocycles. The van der Waals surface area contributed by atoms with Crippen molar-refractivity contribution in [3.05, 3.63) is 56.2 Å². The first kappa shape index (κ1) is 16.7. The van der Waals surface area contributed by atoms with E-state index in [1.807, 2.05) is 6.07 Å². The van der Waals surface area contributed by atoms with Gasteiger partial charge in [0.15, 0.2) is 0 Å². The highest BCUT2D eigenvalue weighted by Crippen LogP contribution is 2.37. The molecule has 1 aliphatic rings. The normalized spacial score (nSPS) is 18.0. The molecule has 2 aromatic rings. The number of carbonyl (C=O) groups is 1. The summed E-state index contributed by atoms with van der Waals surface area (Å²) in [7, 11) is 0. The van der Waals surface area contributed by atoms with Gasteiger partial charge in [-0.05, 0) is 67.6 Å². The predicted octanol–water partition coefficient (Wildman–Crippen LogP) is 4.71. The highest BCUT2D eigenvalue weighted by Gasteiger charge is 2.31. The lowest BCUT2D eigenvalue weighted by atomic mass is 9.93. The van der Waals surface area contributed by atoms with E-state index in [-0.39, 0.29) is 12.0 Å². The summed E-state index contributed by atoms with van der Waals surface area (Å²) in [6.07, 6.45) is 1.45. The van der Waals surface area contributed by atoms with Gasteiger partial charge in [0, 0.05) is 9.35 Å². The molecule has 1 aromatic heterocycles. The molecule has 2 heterocycles. The van der Waals surface area contributed by atoms with Gasteiger partial charge in [-0.2, -0.15) is 0 Å². The lowest BCUT2D eigenvalue weighted by Gasteiger charge is -2.37. The third kappa shape index (κ3) is 3.67. The van der Waals surface area contributed by atoms with E-state index >= 15 is 0 Å². The average Bonchev–Trinajstić information content (AvgIpc) is 2.94. The molecule has 23 heavy (non-hydrogen) atoms. The number of halogens is 1. The van der Waals surface area contributed by atoms with Crippen molar-refractivity contribution in [2.75, 3.05) is 13.1 Å². The number of nitrogens with zero attached hydrogens (tertiary/aromatic N) is 1. The summed E-state index contributed by atoms with van der Waals surface area (Å²) in [6.45, 7) is 3.80. The number of hydrogen-bond acceptors (Lipinski definition) is 3. The number of piperidine rings is 1. The quantitative estimate of drug-likeness (QED) is 0.817. The second-order valence-corrected chi connectivity index (χ2v) is 7.94. The fraction of sp³-hybridized carbons (Fsp3) is 0.389. The van der Waals surface area contributed by atoms with Crippen LogP contribution in [0.1, 0.15) is 34.9 Å². The Morgan fingerprint density at radius 1 is 1.35 bits per heavy atom. The number of aryl methyl sites for hydroxylation is 1. The number of carboxylic acids is 1. The van der Waals surface area contributed by atoms with Crippen molar-refractivity contribution in [3.63, 3.8) is 0 Å².